The Bertz CT molecular complexity index is 1270. The lowest BCUT2D eigenvalue weighted by atomic mass is 10.1. The van der Waals surface area contributed by atoms with Crippen LogP contribution in [0.5, 0.6) is 5.75 Å². The Hall–Kier alpha value is -3.74. The zero-order valence-corrected chi connectivity index (χ0v) is 17.9. The molecule has 1 N–H and O–H groups in total. The fraction of sp³-hybridized carbons (Fsp3) is 0.250. The zero-order chi connectivity index (χ0) is 21.8. The number of hydrogen-bond acceptors (Lipinski definition) is 6. The summed E-state index contributed by atoms with van der Waals surface area (Å²) in [6.07, 6.45) is 2.49. The average Bonchev–Trinajstić information content (AvgIpc) is 2.76. The molecule has 0 bridgehead atoms. The highest BCUT2D eigenvalue weighted by Crippen LogP contribution is 2.20. The van der Waals surface area contributed by atoms with Gasteiger partial charge in [-0.15, -0.1) is 0 Å². The molecule has 0 aliphatic rings. The van der Waals surface area contributed by atoms with E-state index < -0.39 is 0 Å². The van der Waals surface area contributed by atoms with E-state index in [2.05, 4.69) is 33.4 Å². The van der Waals surface area contributed by atoms with Gasteiger partial charge in [-0.25, -0.2) is 14.6 Å². The van der Waals surface area contributed by atoms with Gasteiger partial charge in [-0.2, -0.15) is 5.10 Å². The summed E-state index contributed by atoms with van der Waals surface area (Å²) in [5.41, 5.74) is 1.72. The van der Waals surface area contributed by atoms with Crippen molar-refractivity contribution in [3.05, 3.63) is 88.2 Å². The van der Waals surface area contributed by atoms with Crippen molar-refractivity contribution in [2.75, 3.05) is 12.4 Å². The Balaban J connectivity index is 1.53. The molecule has 1 atom stereocenters. The standard InChI is InChI=1S/C24H25N5O2/c1-16(12-18-8-5-7-11-22(18)31-3)26-23-13-20(27-17(2)28-23)15-29-24(30)21-10-6-4-9-19(21)14-25-29/h4-11,13-14,16H,12,15H2,1-3H3,(H,26,27,28). The van der Waals surface area contributed by atoms with Gasteiger partial charge < -0.3 is 10.1 Å². The summed E-state index contributed by atoms with van der Waals surface area (Å²) in [6, 6.07) is 17.4. The minimum atomic E-state index is -0.131. The Kier molecular flexibility index (Phi) is 5.93. The van der Waals surface area contributed by atoms with E-state index in [1.807, 2.05) is 55.5 Å². The van der Waals surface area contributed by atoms with Gasteiger partial charge in [0.25, 0.3) is 5.56 Å². The molecule has 4 aromatic rings. The van der Waals surface area contributed by atoms with Crippen LogP contribution in [0, 0.1) is 6.92 Å². The molecule has 2 aromatic heterocycles. The second kappa shape index (κ2) is 8.95. The summed E-state index contributed by atoms with van der Waals surface area (Å²) in [5.74, 6) is 2.23. The fourth-order valence-electron chi connectivity index (χ4n) is 3.68. The molecular weight excluding hydrogens is 390 g/mol. The van der Waals surface area contributed by atoms with E-state index in [0.29, 0.717) is 11.2 Å². The predicted octanol–water partition coefficient (Wildman–Crippen LogP) is 3.59. The maximum atomic E-state index is 12.8. The van der Waals surface area contributed by atoms with Gasteiger partial charge in [-0.05, 0) is 38.0 Å². The lowest BCUT2D eigenvalue weighted by Gasteiger charge is -2.17. The van der Waals surface area contributed by atoms with E-state index in [0.717, 1.165) is 34.6 Å². The topological polar surface area (TPSA) is 81.9 Å². The molecule has 2 aromatic carbocycles. The number of anilines is 1. The Morgan fingerprint density at radius 1 is 1.10 bits per heavy atom. The Labute approximate surface area is 180 Å². The van der Waals surface area contributed by atoms with E-state index in [4.69, 9.17) is 4.74 Å². The van der Waals surface area contributed by atoms with Crippen LogP contribution in [0.15, 0.2) is 65.6 Å². The number of ether oxygens (including phenoxy) is 1. The number of nitrogens with zero attached hydrogens (tertiary/aromatic N) is 4. The number of fused-ring (bicyclic) bond motifs is 1. The molecule has 0 fully saturated rings. The first-order valence-electron chi connectivity index (χ1n) is 10.2. The van der Waals surface area contributed by atoms with Crippen LogP contribution in [0.3, 0.4) is 0 Å². The van der Waals surface area contributed by atoms with Gasteiger partial charge in [0.15, 0.2) is 0 Å². The van der Waals surface area contributed by atoms with Crippen LogP contribution < -0.4 is 15.6 Å². The van der Waals surface area contributed by atoms with Gasteiger partial charge in [0.05, 0.1) is 30.9 Å². The van der Waals surface area contributed by atoms with E-state index in [9.17, 15) is 4.79 Å². The molecule has 0 radical (unpaired) electrons. The summed E-state index contributed by atoms with van der Waals surface area (Å²) in [7, 11) is 1.68. The van der Waals surface area contributed by atoms with Crippen LogP contribution in [0.2, 0.25) is 0 Å². The van der Waals surface area contributed by atoms with Crippen molar-refractivity contribution in [3.63, 3.8) is 0 Å². The number of benzene rings is 2. The summed E-state index contributed by atoms with van der Waals surface area (Å²) in [6.45, 7) is 4.22. The maximum absolute atomic E-state index is 12.8. The molecule has 158 valence electrons. The zero-order valence-electron chi connectivity index (χ0n) is 17.9. The molecule has 0 aliphatic carbocycles. The van der Waals surface area contributed by atoms with Gasteiger partial charge in [0.2, 0.25) is 0 Å². The highest BCUT2D eigenvalue weighted by Gasteiger charge is 2.11. The maximum Gasteiger partial charge on any atom is 0.274 e. The minimum Gasteiger partial charge on any atom is -0.496 e. The first-order chi connectivity index (χ1) is 15.0. The van der Waals surface area contributed by atoms with E-state index in [-0.39, 0.29) is 18.1 Å². The fourth-order valence-corrected chi connectivity index (χ4v) is 3.68. The van der Waals surface area contributed by atoms with Crippen molar-refractivity contribution in [1.29, 1.82) is 0 Å². The normalized spacial score (nSPS) is 12.0. The van der Waals surface area contributed by atoms with Crippen LogP contribution in [-0.2, 0) is 13.0 Å². The molecule has 0 saturated carbocycles. The number of hydrogen-bond donors (Lipinski definition) is 1. The summed E-state index contributed by atoms with van der Waals surface area (Å²) < 4.78 is 6.89. The highest BCUT2D eigenvalue weighted by atomic mass is 16.5. The van der Waals surface area contributed by atoms with E-state index >= 15 is 0 Å². The average molecular weight is 415 g/mol. The van der Waals surface area contributed by atoms with Crippen molar-refractivity contribution in [2.24, 2.45) is 0 Å². The number of nitrogens with one attached hydrogen (secondary N) is 1. The molecule has 2 heterocycles. The molecule has 31 heavy (non-hydrogen) atoms. The van der Waals surface area contributed by atoms with Crippen LogP contribution in [-0.4, -0.2) is 32.9 Å². The molecule has 7 nitrogen and oxygen atoms in total. The predicted molar refractivity (Wildman–Crippen MR) is 122 cm³/mol. The SMILES string of the molecule is COc1ccccc1CC(C)Nc1cc(Cn2ncc3ccccc3c2=O)nc(C)n1. The number of para-hydroxylation sites is 1. The number of methoxy groups -OCH3 is 1. The summed E-state index contributed by atoms with van der Waals surface area (Å²) in [5, 5.41) is 9.22. The highest BCUT2D eigenvalue weighted by molar-refractivity contribution is 5.80. The van der Waals surface area contributed by atoms with Crippen molar-refractivity contribution in [1.82, 2.24) is 19.7 Å². The third-order valence-corrected chi connectivity index (χ3v) is 5.08. The van der Waals surface area contributed by atoms with Crippen LogP contribution >= 0.6 is 0 Å². The van der Waals surface area contributed by atoms with Gasteiger partial charge in [0, 0.05) is 17.5 Å². The quantitative estimate of drug-likeness (QED) is 0.497. The first-order valence-corrected chi connectivity index (χ1v) is 10.2. The van der Waals surface area contributed by atoms with Gasteiger partial charge >= 0.3 is 0 Å². The number of aryl methyl sites for hydroxylation is 1. The first kappa shape index (κ1) is 20.5. The minimum absolute atomic E-state index is 0.125. The summed E-state index contributed by atoms with van der Waals surface area (Å²) in [4.78, 5) is 21.8. The Morgan fingerprint density at radius 2 is 1.87 bits per heavy atom. The third-order valence-electron chi connectivity index (χ3n) is 5.08. The van der Waals surface area contributed by atoms with Crippen molar-refractivity contribution in [2.45, 2.75) is 32.9 Å². The van der Waals surface area contributed by atoms with E-state index in [1.54, 1.807) is 13.3 Å². The molecular formula is C24H25N5O2. The van der Waals surface area contributed by atoms with E-state index in [1.165, 1.54) is 4.68 Å². The largest absolute Gasteiger partial charge is 0.496 e. The molecule has 0 amide bonds. The monoisotopic (exact) mass is 415 g/mol. The Morgan fingerprint density at radius 3 is 2.71 bits per heavy atom. The molecule has 0 spiro atoms. The third kappa shape index (κ3) is 4.71. The lowest BCUT2D eigenvalue weighted by Crippen LogP contribution is -2.24. The number of aromatic nitrogens is 4. The molecule has 4 rings (SSSR count). The second-order valence-corrected chi connectivity index (χ2v) is 7.55. The molecule has 7 heteroatoms. The van der Waals surface area contributed by atoms with Gasteiger partial charge in [-0.1, -0.05) is 36.4 Å². The smallest absolute Gasteiger partial charge is 0.274 e. The van der Waals surface area contributed by atoms with Crippen LogP contribution in [0.1, 0.15) is 24.0 Å². The molecule has 0 saturated heterocycles. The van der Waals surface area contributed by atoms with Crippen molar-refractivity contribution >= 4 is 16.6 Å². The van der Waals surface area contributed by atoms with Gasteiger partial charge in [0.1, 0.15) is 17.4 Å². The second-order valence-electron chi connectivity index (χ2n) is 7.55. The van der Waals surface area contributed by atoms with Crippen molar-refractivity contribution < 1.29 is 4.74 Å². The van der Waals surface area contributed by atoms with Crippen LogP contribution in [0.25, 0.3) is 10.8 Å². The number of rotatable bonds is 7. The molecule has 0 aliphatic heterocycles. The van der Waals surface area contributed by atoms with Gasteiger partial charge in [-0.3, -0.25) is 4.79 Å². The van der Waals surface area contributed by atoms with Crippen molar-refractivity contribution in [3.8, 4) is 5.75 Å². The van der Waals surface area contributed by atoms with Crippen LogP contribution in [0.4, 0.5) is 5.82 Å². The lowest BCUT2D eigenvalue weighted by molar-refractivity contribution is 0.409. The molecule has 1 unspecified atom stereocenters. The summed E-state index contributed by atoms with van der Waals surface area (Å²) >= 11 is 0.